The van der Waals surface area contributed by atoms with Crippen LogP contribution in [0.5, 0.6) is 0 Å². The Kier molecular flexibility index (Phi) is 2.52. The van der Waals surface area contributed by atoms with Gasteiger partial charge in [-0.15, -0.1) is 0 Å². The number of anilines is 1. The minimum atomic E-state index is -1.41. The van der Waals surface area contributed by atoms with Crippen LogP contribution in [0.4, 0.5) is 5.69 Å². The van der Waals surface area contributed by atoms with Crippen LogP contribution in [-0.4, -0.2) is 25.7 Å². The monoisotopic (exact) mass is 264 g/mol. The number of rotatable bonds is 1. The van der Waals surface area contributed by atoms with Crippen LogP contribution in [0.3, 0.4) is 0 Å². The molecule has 1 aromatic rings. The Labute approximate surface area is 108 Å². The van der Waals surface area contributed by atoms with Crippen molar-refractivity contribution in [3.63, 3.8) is 0 Å². The number of halogens is 1. The Balaban J connectivity index is 2.21. The molecule has 1 spiro atoms. The number of para-hydroxylation sites is 1. The number of ether oxygens (including phenoxy) is 2. The van der Waals surface area contributed by atoms with Crippen LogP contribution < -0.4 is 4.90 Å². The number of hydrogen-bond donors (Lipinski definition) is 0. The largest absolute Gasteiger partial charge is 0.336 e. The summed E-state index contributed by atoms with van der Waals surface area (Å²) >= 11 is 6.11. The van der Waals surface area contributed by atoms with Crippen molar-refractivity contribution in [3.8, 4) is 6.07 Å². The first-order valence-corrected chi connectivity index (χ1v) is 5.84. The fourth-order valence-electron chi connectivity index (χ4n) is 2.36. The van der Waals surface area contributed by atoms with Gasteiger partial charge in [0.05, 0.1) is 30.0 Å². The van der Waals surface area contributed by atoms with Gasteiger partial charge in [0.15, 0.2) is 0 Å². The van der Waals surface area contributed by atoms with Crippen LogP contribution in [0, 0.1) is 11.3 Å². The van der Waals surface area contributed by atoms with Crippen molar-refractivity contribution in [1.29, 1.82) is 5.26 Å². The van der Waals surface area contributed by atoms with E-state index in [-0.39, 0.29) is 12.5 Å². The second-order valence-electron chi connectivity index (χ2n) is 4.00. The molecule has 0 bridgehead atoms. The molecule has 0 unspecified atom stereocenters. The van der Waals surface area contributed by atoms with Gasteiger partial charge in [-0.3, -0.25) is 9.69 Å². The van der Waals surface area contributed by atoms with Crippen molar-refractivity contribution in [2.75, 3.05) is 24.7 Å². The van der Waals surface area contributed by atoms with E-state index in [0.29, 0.717) is 29.5 Å². The van der Waals surface area contributed by atoms with Crippen LogP contribution in [0.1, 0.15) is 5.56 Å². The predicted molar refractivity (Wildman–Crippen MR) is 63.0 cm³/mol. The Hall–Kier alpha value is -1.61. The molecule has 1 fully saturated rings. The first-order chi connectivity index (χ1) is 8.70. The number of nitriles is 1. The van der Waals surface area contributed by atoms with E-state index in [0.717, 1.165) is 0 Å². The summed E-state index contributed by atoms with van der Waals surface area (Å²) in [6.07, 6.45) is 0. The smallest absolute Gasteiger partial charge is 0.293 e. The molecule has 2 aliphatic heterocycles. The quantitative estimate of drug-likeness (QED) is 0.720. The van der Waals surface area contributed by atoms with E-state index in [1.807, 2.05) is 6.07 Å². The Morgan fingerprint density at radius 3 is 2.83 bits per heavy atom. The maximum Gasteiger partial charge on any atom is 0.293 e. The fourth-order valence-corrected chi connectivity index (χ4v) is 2.64. The number of carbonyl (C=O) groups is 1. The van der Waals surface area contributed by atoms with Gasteiger partial charge < -0.3 is 9.47 Å². The predicted octanol–water partition coefficient (Wildman–Crippen LogP) is 1.41. The third-order valence-corrected chi connectivity index (χ3v) is 3.37. The van der Waals surface area contributed by atoms with E-state index >= 15 is 0 Å². The molecule has 6 heteroatoms. The summed E-state index contributed by atoms with van der Waals surface area (Å²) in [6.45, 7) is 0.611. The molecule has 1 saturated heterocycles. The summed E-state index contributed by atoms with van der Waals surface area (Å²) in [5.74, 6) is -1.79. The summed E-state index contributed by atoms with van der Waals surface area (Å²) in [4.78, 5) is 13.7. The zero-order valence-electron chi connectivity index (χ0n) is 9.35. The molecular weight excluding hydrogens is 256 g/mol. The molecule has 1 aromatic carbocycles. The lowest BCUT2D eigenvalue weighted by Crippen LogP contribution is -2.41. The highest BCUT2D eigenvalue weighted by Crippen LogP contribution is 2.48. The number of hydrogen-bond acceptors (Lipinski definition) is 4. The SMILES string of the molecule is N#CCN1C(=O)C2(OCCO2)c2cccc(Cl)c21. The molecule has 0 radical (unpaired) electrons. The average Bonchev–Trinajstić information content (AvgIpc) is 2.93. The molecule has 18 heavy (non-hydrogen) atoms. The minimum absolute atomic E-state index is 0.0793. The van der Waals surface area contributed by atoms with Gasteiger partial charge in [0.1, 0.15) is 6.54 Å². The molecule has 2 aliphatic rings. The van der Waals surface area contributed by atoms with Crippen molar-refractivity contribution in [1.82, 2.24) is 0 Å². The summed E-state index contributed by atoms with van der Waals surface area (Å²) < 4.78 is 11.0. The van der Waals surface area contributed by atoms with Crippen LogP contribution in [0.25, 0.3) is 0 Å². The van der Waals surface area contributed by atoms with E-state index in [2.05, 4.69) is 0 Å². The normalized spacial score (nSPS) is 20.2. The van der Waals surface area contributed by atoms with Gasteiger partial charge in [0, 0.05) is 5.56 Å². The van der Waals surface area contributed by atoms with Crippen molar-refractivity contribution < 1.29 is 14.3 Å². The van der Waals surface area contributed by atoms with Gasteiger partial charge in [0.25, 0.3) is 11.7 Å². The van der Waals surface area contributed by atoms with Crippen molar-refractivity contribution in [3.05, 3.63) is 28.8 Å². The highest BCUT2D eigenvalue weighted by Gasteiger charge is 2.56. The number of nitrogens with zero attached hydrogens (tertiary/aromatic N) is 2. The van der Waals surface area contributed by atoms with E-state index in [9.17, 15) is 4.79 Å². The van der Waals surface area contributed by atoms with Gasteiger partial charge in [-0.2, -0.15) is 5.26 Å². The molecule has 0 saturated carbocycles. The summed E-state index contributed by atoms with van der Waals surface area (Å²) in [7, 11) is 0. The van der Waals surface area contributed by atoms with Crippen LogP contribution in [0.2, 0.25) is 5.02 Å². The number of amides is 1. The summed E-state index contributed by atoms with van der Waals surface area (Å²) in [5.41, 5.74) is 1.08. The average molecular weight is 265 g/mol. The van der Waals surface area contributed by atoms with Crippen molar-refractivity contribution >= 4 is 23.2 Å². The molecule has 2 heterocycles. The maximum absolute atomic E-state index is 12.4. The number of carbonyl (C=O) groups excluding carboxylic acids is 1. The molecule has 5 nitrogen and oxygen atoms in total. The van der Waals surface area contributed by atoms with Crippen LogP contribution in [-0.2, 0) is 20.1 Å². The third kappa shape index (κ3) is 1.31. The Morgan fingerprint density at radius 1 is 1.44 bits per heavy atom. The van der Waals surface area contributed by atoms with E-state index < -0.39 is 5.79 Å². The zero-order chi connectivity index (χ0) is 12.8. The van der Waals surface area contributed by atoms with Crippen molar-refractivity contribution in [2.24, 2.45) is 0 Å². The Bertz CT molecular complexity index is 561. The molecule has 1 amide bonds. The van der Waals surface area contributed by atoms with Gasteiger partial charge >= 0.3 is 0 Å². The number of benzene rings is 1. The van der Waals surface area contributed by atoms with Gasteiger partial charge in [-0.05, 0) is 6.07 Å². The van der Waals surface area contributed by atoms with Gasteiger partial charge in [0.2, 0.25) is 0 Å². The lowest BCUT2D eigenvalue weighted by molar-refractivity contribution is -0.180. The molecular formula is C12H9ClN2O3. The lowest BCUT2D eigenvalue weighted by atomic mass is 10.1. The van der Waals surface area contributed by atoms with Crippen LogP contribution >= 0.6 is 11.6 Å². The highest BCUT2D eigenvalue weighted by atomic mass is 35.5. The molecule has 0 aromatic heterocycles. The standard InChI is InChI=1S/C12H9ClN2O3/c13-9-3-1-2-8-10(9)15(5-4-14)11(16)12(8)17-6-7-18-12/h1-3H,5-7H2. The second kappa shape index (κ2) is 3.95. The molecule has 0 atom stereocenters. The van der Waals surface area contributed by atoms with Gasteiger partial charge in [-0.1, -0.05) is 23.7 Å². The van der Waals surface area contributed by atoms with Gasteiger partial charge in [-0.25, -0.2) is 0 Å². The second-order valence-corrected chi connectivity index (χ2v) is 4.41. The zero-order valence-corrected chi connectivity index (χ0v) is 10.1. The van der Waals surface area contributed by atoms with E-state index in [1.54, 1.807) is 18.2 Å². The molecule has 0 aliphatic carbocycles. The maximum atomic E-state index is 12.4. The highest BCUT2D eigenvalue weighted by molar-refractivity contribution is 6.35. The Morgan fingerprint density at radius 2 is 2.17 bits per heavy atom. The summed E-state index contributed by atoms with van der Waals surface area (Å²) in [6, 6.07) is 7.09. The molecule has 0 N–H and O–H groups in total. The van der Waals surface area contributed by atoms with Crippen LogP contribution in [0.15, 0.2) is 18.2 Å². The molecule has 3 rings (SSSR count). The lowest BCUT2D eigenvalue weighted by Gasteiger charge is -2.20. The van der Waals surface area contributed by atoms with Crippen molar-refractivity contribution in [2.45, 2.75) is 5.79 Å². The first kappa shape index (κ1) is 11.5. The summed E-state index contributed by atoms with van der Waals surface area (Å²) in [5, 5.41) is 9.23. The number of fused-ring (bicyclic) bond motifs is 2. The minimum Gasteiger partial charge on any atom is -0.336 e. The fraction of sp³-hybridized carbons (Fsp3) is 0.333. The van der Waals surface area contributed by atoms with E-state index in [1.165, 1.54) is 4.90 Å². The molecule has 92 valence electrons. The third-order valence-electron chi connectivity index (χ3n) is 3.06. The van der Waals surface area contributed by atoms with E-state index in [4.69, 9.17) is 26.3 Å². The topological polar surface area (TPSA) is 62.6 Å². The first-order valence-electron chi connectivity index (χ1n) is 5.46.